The first kappa shape index (κ1) is 15.9. The fourth-order valence-electron chi connectivity index (χ4n) is 3.31. The number of rotatable bonds is 4. The minimum atomic E-state index is 1.01. The zero-order valence-electron chi connectivity index (χ0n) is 14.0. The molecule has 0 aliphatic heterocycles. The molecule has 0 unspecified atom stereocenters. The Morgan fingerprint density at radius 1 is 0.870 bits per heavy atom. The molecule has 0 N–H and O–H groups in total. The summed E-state index contributed by atoms with van der Waals surface area (Å²) in [5.74, 6) is 6.67. The van der Waals surface area contributed by atoms with Crippen LogP contribution in [0.25, 0.3) is 10.8 Å². The largest absolute Gasteiger partial charge is 0.0979 e. The zero-order valence-corrected chi connectivity index (χ0v) is 14.0. The minimum absolute atomic E-state index is 1.01. The SMILES string of the molecule is C(#Cc1ccc2ccccc2c1)CCCCC1=CCCCCC1. The van der Waals surface area contributed by atoms with Gasteiger partial charge in [-0.3, -0.25) is 0 Å². The minimum Gasteiger partial charge on any atom is -0.0979 e. The van der Waals surface area contributed by atoms with Crippen LogP contribution in [0.15, 0.2) is 54.1 Å². The number of benzene rings is 2. The molecule has 1 aliphatic carbocycles. The van der Waals surface area contributed by atoms with Gasteiger partial charge >= 0.3 is 0 Å². The predicted octanol–water partition coefficient (Wildman–Crippen LogP) is 6.64. The van der Waals surface area contributed by atoms with Crippen molar-refractivity contribution in [1.82, 2.24) is 0 Å². The van der Waals surface area contributed by atoms with Crippen LogP contribution >= 0.6 is 0 Å². The van der Waals surface area contributed by atoms with Crippen LogP contribution in [0.3, 0.4) is 0 Å². The Kier molecular flexibility index (Phi) is 5.93. The lowest BCUT2D eigenvalue weighted by Crippen LogP contribution is -1.84. The van der Waals surface area contributed by atoms with Crippen LogP contribution in [0.5, 0.6) is 0 Å². The molecule has 0 heterocycles. The van der Waals surface area contributed by atoms with E-state index in [0.717, 1.165) is 12.0 Å². The van der Waals surface area contributed by atoms with Gasteiger partial charge in [-0.2, -0.15) is 0 Å². The third-order valence-electron chi connectivity index (χ3n) is 4.67. The molecule has 0 saturated heterocycles. The second-order valence-corrected chi connectivity index (χ2v) is 6.53. The van der Waals surface area contributed by atoms with Crippen molar-refractivity contribution in [1.29, 1.82) is 0 Å². The van der Waals surface area contributed by atoms with Gasteiger partial charge in [0.1, 0.15) is 0 Å². The van der Waals surface area contributed by atoms with Crippen molar-refractivity contribution < 1.29 is 0 Å². The summed E-state index contributed by atoms with van der Waals surface area (Å²) in [6.45, 7) is 0. The van der Waals surface area contributed by atoms with Gasteiger partial charge < -0.3 is 0 Å². The fourth-order valence-corrected chi connectivity index (χ4v) is 3.31. The maximum Gasteiger partial charge on any atom is 0.0251 e. The molecule has 0 aromatic heterocycles. The number of fused-ring (bicyclic) bond motifs is 1. The Morgan fingerprint density at radius 3 is 2.74 bits per heavy atom. The van der Waals surface area contributed by atoms with E-state index in [-0.39, 0.29) is 0 Å². The van der Waals surface area contributed by atoms with Crippen molar-refractivity contribution in [3.8, 4) is 11.8 Å². The van der Waals surface area contributed by atoms with Gasteiger partial charge in [-0.05, 0) is 67.9 Å². The molecule has 0 spiro atoms. The molecular formula is C23H26. The maximum absolute atomic E-state index is 3.35. The van der Waals surface area contributed by atoms with E-state index in [1.807, 2.05) is 0 Å². The van der Waals surface area contributed by atoms with Gasteiger partial charge in [0.05, 0.1) is 0 Å². The van der Waals surface area contributed by atoms with Gasteiger partial charge in [0, 0.05) is 12.0 Å². The van der Waals surface area contributed by atoms with Crippen LogP contribution in [0.2, 0.25) is 0 Å². The molecule has 0 radical (unpaired) electrons. The van der Waals surface area contributed by atoms with E-state index in [1.54, 1.807) is 5.57 Å². The molecule has 3 rings (SSSR count). The van der Waals surface area contributed by atoms with Crippen LogP contribution in [-0.2, 0) is 0 Å². The summed E-state index contributed by atoms with van der Waals surface area (Å²) in [6, 6.07) is 15.0. The molecule has 0 bridgehead atoms. The highest BCUT2D eigenvalue weighted by Crippen LogP contribution is 2.21. The van der Waals surface area contributed by atoms with Gasteiger partial charge in [0.2, 0.25) is 0 Å². The first-order valence-corrected chi connectivity index (χ1v) is 9.07. The molecule has 1 aliphatic rings. The molecule has 0 atom stereocenters. The summed E-state index contributed by atoms with van der Waals surface area (Å²) in [6.07, 6.45) is 14.1. The van der Waals surface area contributed by atoms with Crippen LogP contribution in [0.4, 0.5) is 0 Å². The molecule has 2 aromatic carbocycles. The zero-order chi connectivity index (χ0) is 15.7. The molecule has 0 nitrogen and oxygen atoms in total. The molecule has 2 aromatic rings. The number of hydrogen-bond donors (Lipinski definition) is 0. The standard InChI is InChI=1S/C23H26/c1-2-6-12-20(11-5-1)13-7-3-4-8-14-21-17-18-22-15-9-10-16-23(22)19-21/h9-11,15-19H,1-7,12-13H2. The quantitative estimate of drug-likeness (QED) is 0.337. The Labute approximate surface area is 140 Å². The average Bonchev–Trinajstić information content (AvgIpc) is 2.86. The Hall–Kier alpha value is -2.00. The van der Waals surface area contributed by atoms with E-state index in [1.165, 1.54) is 62.1 Å². The van der Waals surface area contributed by atoms with E-state index in [9.17, 15) is 0 Å². The summed E-state index contributed by atoms with van der Waals surface area (Å²) in [4.78, 5) is 0. The van der Waals surface area contributed by atoms with Crippen molar-refractivity contribution in [2.45, 2.75) is 57.8 Å². The molecule has 118 valence electrons. The highest BCUT2D eigenvalue weighted by atomic mass is 14.1. The van der Waals surface area contributed by atoms with E-state index in [0.29, 0.717) is 0 Å². The second kappa shape index (κ2) is 8.59. The van der Waals surface area contributed by atoms with Crippen LogP contribution in [-0.4, -0.2) is 0 Å². The molecule has 0 fully saturated rings. The summed E-state index contributed by atoms with van der Waals surface area (Å²) in [5, 5.41) is 2.56. The first-order chi connectivity index (χ1) is 11.4. The van der Waals surface area contributed by atoms with Crippen molar-refractivity contribution in [3.63, 3.8) is 0 Å². The molecule has 0 saturated carbocycles. The topological polar surface area (TPSA) is 0 Å². The van der Waals surface area contributed by atoms with Crippen LogP contribution in [0.1, 0.15) is 63.4 Å². The highest BCUT2D eigenvalue weighted by Gasteiger charge is 2.02. The van der Waals surface area contributed by atoms with Gasteiger partial charge in [0.25, 0.3) is 0 Å². The maximum atomic E-state index is 3.35. The van der Waals surface area contributed by atoms with Gasteiger partial charge in [-0.1, -0.05) is 60.2 Å². The number of allylic oxidation sites excluding steroid dienone is 2. The van der Waals surface area contributed by atoms with E-state index in [4.69, 9.17) is 0 Å². The summed E-state index contributed by atoms with van der Waals surface area (Å²) in [5.41, 5.74) is 2.83. The Balaban J connectivity index is 1.45. The summed E-state index contributed by atoms with van der Waals surface area (Å²) in [7, 11) is 0. The number of hydrogen-bond acceptors (Lipinski definition) is 0. The van der Waals surface area contributed by atoms with E-state index < -0.39 is 0 Å². The highest BCUT2D eigenvalue weighted by molar-refractivity contribution is 5.83. The molecule has 0 amide bonds. The van der Waals surface area contributed by atoms with Gasteiger partial charge in [-0.15, -0.1) is 0 Å². The lowest BCUT2D eigenvalue weighted by atomic mass is 10.0. The lowest BCUT2D eigenvalue weighted by Gasteiger charge is -2.03. The fraction of sp³-hybridized carbons (Fsp3) is 0.391. The van der Waals surface area contributed by atoms with Crippen molar-refractivity contribution in [2.24, 2.45) is 0 Å². The first-order valence-electron chi connectivity index (χ1n) is 9.07. The Bertz CT molecular complexity index is 724. The lowest BCUT2D eigenvalue weighted by molar-refractivity contribution is 0.683. The van der Waals surface area contributed by atoms with Gasteiger partial charge in [0.15, 0.2) is 0 Å². The summed E-state index contributed by atoms with van der Waals surface area (Å²) >= 11 is 0. The molecule has 23 heavy (non-hydrogen) atoms. The molecule has 0 heteroatoms. The van der Waals surface area contributed by atoms with Crippen molar-refractivity contribution in [2.75, 3.05) is 0 Å². The predicted molar refractivity (Wildman–Crippen MR) is 100 cm³/mol. The van der Waals surface area contributed by atoms with Crippen LogP contribution in [0, 0.1) is 11.8 Å². The van der Waals surface area contributed by atoms with Crippen molar-refractivity contribution in [3.05, 3.63) is 59.7 Å². The van der Waals surface area contributed by atoms with Gasteiger partial charge in [-0.25, -0.2) is 0 Å². The molecular weight excluding hydrogens is 276 g/mol. The summed E-state index contributed by atoms with van der Waals surface area (Å²) < 4.78 is 0. The Morgan fingerprint density at radius 2 is 1.78 bits per heavy atom. The number of unbranched alkanes of at least 4 members (excludes halogenated alkanes) is 2. The van der Waals surface area contributed by atoms with Crippen LogP contribution < -0.4 is 0 Å². The normalized spacial score (nSPS) is 14.7. The van der Waals surface area contributed by atoms with E-state index in [2.05, 4.69) is 60.4 Å². The third-order valence-corrected chi connectivity index (χ3v) is 4.67. The second-order valence-electron chi connectivity index (χ2n) is 6.53. The van der Waals surface area contributed by atoms with E-state index >= 15 is 0 Å². The monoisotopic (exact) mass is 302 g/mol. The average molecular weight is 302 g/mol. The smallest absolute Gasteiger partial charge is 0.0251 e. The third kappa shape index (κ3) is 5.00. The van der Waals surface area contributed by atoms with Crippen molar-refractivity contribution >= 4 is 10.8 Å².